The molecule has 118 valence electrons. The summed E-state index contributed by atoms with van der Waals surface area (Å²) in [6, 6.07) is 2.32. The first kappa shape index (κ1) is 16.4. The van der Waals surface area contributed by atoms with Gasteiger partial charge in [-0.15, -0.1) is 11.3 Å². The lowest BCUT2D eigenvalue weighted by Gasteiger charge is -2.07. The van der Waals surface area contributed by atoms with E-state index in [1.165, 1.54) is 11.3 Å². The van der Waals surface area contributed by atoms with Gasteiger partial charge in [-0.2, -0.15) is 5.10 Å². The third-order valence-corrected chi connectivity index (χ3v) is 3.66. The van der Waals surface area contributed by atoms with E-state index in [-0.39, 0.29) is 11.3 Å². The van der Waals surface area contributed by atoms with Crippen molar-refractivity contribution in [1.29, 1.82) is 0 Å². The van der Waals surface area contributed by atoms with E-state index in [0.29, 0.717) is 11.7 Å². The third kappa shape index (κ3) is 4.49. The maximum Gasteiger partial charge on any atom is 0.203 e. The number of thiazole rings is 1. The Kier molecular flexibility index (Phi) is 5.83. The van der Waals surface area contributed by atoms with Gasteiger partial charge in [0.1, 0.15) is 17.4 Å². The molecule has 0 saturated carbocycles. The molecule has 1 N–H and O–H groups in total. The fraction of sp³-hybridized carbons (Fsp3) is 0.333. The minimum absolute atomic E-state index is 0.184. The van der Waals surface area contributed by atoms with E-state index in [2.05, 4.69) is 15.5 Å². The summed E-state index contributed by atoms with van der Waals surface area (Å²) >= 11 is 1.36. The number of nitrogens with one attached hydrogen (secondary N) is 1. The first-order chi connectivity index (χ1) is 10.6. The summed E-state index contributed by atoms with van der Waals surface area (Å²) in [5.41, 5.74) is 3.27. The largest absolute Gasteiger partial charge is 0.493 e. The molecule has 1 heterocycles. The summed E-state index contributed by atoms with van der Waals surface area (Å²) in [5, 5.41) is 6.22. The number of hydrazone groups is 1. The molecular formula is C15H17F2N3OS. The highest BCUT2D eigenvalue weighted by Gasteiger charge is 2.10. The minimum Gasteiger partial charge on any atom is -0.493 e. The van der Waals surface area contributed by atoms with Crippen molar-refractivity contribution in [3.8, 4) is 5.75 Å². The Bertz CT molecular complexity index is 635. The Labute approximate surface area is 131 Å². The van der Waals surface area contributed by atoms with E-state index >= 15 is 0 Å². The zero-order valence-corrected chi connectivity index (χ0v) is 13.2. The molecule has 0 atom stereocenters. The van der Waals surface area contributed by atoms with Gasteiger partial charge in [-0.25, -0.2) is 13.8 Å². The lowest BCUT2D eigenvalue weighted by molar-refractivity contribution is 0.306. The molecule has 0 fully saturated rings. The molecule has 0 saturated heterocycles. The van der Waals surface area contributed by atoms with Gasteiger partial charge in [-0.3, -0.25) is 5.43 Å². The van der Waals surface area contributed by atoms with Crippen molar-refractivity contribution >= 4 is 22.7 Å². The predicted octanol–water partition coefficient (Wildman–Crippen LogP) is 4.35. The van der Waals surface area contributed by atoms with Gasteiger partial charge < -0.3 is 4.74 Å². The van der Waals surface area contributed by atoms with Crippen LogP contribution in [0.1, 0.15) is 31.0 Å². The maximum atomic E-state index is 13.9. The number of nitrogens with zero attached hydrogens (tertiary/aromatic N) is 2. The minimum atomic E-state index is -0.715. The molecule has 4 nitrogen and oxygen atoms in total. The van der Waals surface area contributed by atoms with Gasteiger partial charge in [0, 0.05) is 17.5 Å². The summed E-state index contributed by atoms with van der Waals surface area (Å²) in [4.78, 5) is 4.13. The number of hydrogen-bond donors (Lipinski definition) is 1. The molecule has 7 heteroatoms. The number of anilines is 1. The third-order valence-electron chi connectivity index (χ3n) is 2.79. The van der Waals surface area contributed by atoms with Crippen LogP contribution in [0.25, 0.3) is 0 Å². The molecular weight excluding hydrogens is 308 g/mol. The number of aromatic nitrogens is 1. The molecule has 0 aliphatic carbocycles. The predicted molar refractivity (Wildman–Crippen MR) is 84.8 cm³/mol. The van der Waals surface area contributed by atoms with Crippen LogP contribution in [0.3, 0.4) is 0 Å². The molecule has 0 amide bonds. The van der Waals surface area contributed by atoms with Crippen molar-refractivity contribution in [3.05, 3.63) is 40.4 Å². The second-order valence-electron chi connectivity index (χ2n) is 4.67. The number of ether oxygens (including phenoxy) is 1. The molecule has 2 rings (SSSR count). The highest BCUT2D eigenvalue weighted by molar-refractivity contribution is 7.13. The average Bonchev–Trinajstić information content (AvgIpc) is 2.88. The number of halogens is 2. The molecule has 2 aromatic rings. The van der Waals surface area contributed by atoms with Crippen LogP contribution in [0.2, 0.25) is 0 Å². The fourth-order valence-electron chi connectivity index (χ4n) is 1.66. The first-order valence-corrected chi connectivity index (χ1v) is 7.81. The van der Waals surface area contributed by atoms with E-state index in [4.69, 9.17) is 4.74 Å². The van der Waals surface area contributed by atoms with Gasteiger partial charge in [0.25, 0.3) is 0 Å². The van der Waals surface area contributed by atoms with Crippen LogP contribution in [0.5, 0.6) is 5.75 Å². The van der Waals surface area contributed by atoms with E-state index in [1.54, 1.807) is 0 Å². The summed E-state index contributed by atoms with van der Waals surface area (Å²) in [5.74, 6) is -1.25. The molecule has 0 unspecified atom stereocenters. The number of hydrogen-bond acceptors (Lipinski definition) is 5. The Balaban J connectivity index is 2.04. The summed E-state index contributed by atoms with van der Waals surface area (Å²) in [6.45, 7) is 4.30. The average molecular weight is 325 g/mol. The molecule has 1 aromatic carbocycles. The van der Waals surface area contributed by atoms with Gasteiger partial charge in [-0.1, -0.05) is 13.3 Å². The van der Waals surface area contributed by atoms with Crippen molar-refractivity contribution in [3.63, 3.8) is 0 Å². The Morgan fingerprint density at radius 2 is 2.09 bits per heavy atom. The van der Waals surface area contributed by atoms with Crippen LogP contribution >= 0.6 is 11.3 Å². The monoisotopic (exact) mass is 325 g/mol. The van der Waals surface area contributed by atoms with Crippen molar-refractivity contribution in [2.75, 3.05) is 12.0 Å². The van der Waals surface area contributed by atoms with Crippen molar-refractivity contribution in [1.82, 2.24) is 4.98 Å². The summed E-state index contributed by atoms with van der Waals surface area (Å²) in [7, 11) is 0. The molecule has 0 bridgehead atoms. The second-order valence-corrected chi connectivity index (χ2v) is 5.52. The normalized spacial score (nSPS) is 11.1. The Morgan fingerprint density at radius 1 is 1.36 bits per heavy atom. The fourth-order valence-corrected chi connectivity index (χ4v) is 2.30. The number of aryl methyl sites for hydroxylation is 1. The molecule has 22 heavy (non-hydrogen) atoms. The van der Waals surface area contributed by atoms with E-state index in [9.17, 15) is 8.78 Å². The highest BCUT2D eigenvalue weighted by Crippen LogP contribution is 2.20. The lowest BCUT2D eigenvalue weighted by atomic mass is 10.2. The van der Waals surface area contributed by atoms with Gasteiger partial charge in [0.05, 0.1) is 24.1 Å². The number of rotatable bonds is 7. The SMILES string of the molecule is CCCCOc1cc(F)c(C=NNc2nc(C)cs2)c(F)c1. The standard InChI is InChI=1S/C15H17F2N3OS/c1-3-4-5-21-11-6-13(16)12(14(17)7-11)8-18-20-15-19-10(2)9-22-15/h6-9H,3-5H2,1-2H3,(H,19,20). The van der Waals surface area contributed by atoms with Gasteiger partial charge in [0.15, 0.2) is 0 Å². The quantitative estimate of drug-likeness (QED) is 0.467. The van der Waals surface area contributed by atoms with Crippen LogP contribution in [0, 0.1) is 18.6 Å². The zero-order valence-electron chi connectivity index (χ0n) is 12.4. The molecule has 0 spiro atoms. The summed E-state index contributed by atoms with van der Waals surface area (Å²) in [6.07, 6.45) is 2.89. The lowest BCUT2D eigenvalue weighted by Crippen LogP contribution is -2.01. The van der Waals surface area contributed by atoms with Crippen LogP contribution in [0.4, 0.5) is 13.9 Å². The molecule has 0 aliphatic rings. The zero-order chi connectivity index (χ0) is 15.9. The first-order valence-electron chi connectivity index (χ1n) is 6.93. The number of unbranched alkanes of at least 4 members (excludes halogenated alkanes) is 1. The smallest absolute Gasteiger partial charge is 0.203 e. The second kappa shape index (κ2) is 7.84. The topological polar surface area (TPSA) is 46.5 Å². The Hall–Kier alpha value is -2.02. The van der Waals surface area contributed by atoms with Crippen LogP contribution in [-0.4, -0.2) is 17.8 Å². The van der Waals surface area contributed by atoms with E-state index in [0.717, 1.165) is 36.9 Å². The maximum absolute atomic E-state index is 13.9. The highest BCUT2D eigenvalue weighted by atomic mass is 32.1. The van der Waals surface area contributed by atoms with Crippen LogP contribution < -0.4 is 10.2 Å². The molecule has 0 aliphatic heterocycles. The van der Waals surface area contributed by atoms with Crippen LogP contribution in [-0.2, 0) is 0 Å². The van der Waals surface area contributed by atoms with Crippen molar-refractivity contribution < 1.29 is 13.5 Å². The van der Waals surface area contributed by atoms with Gasteiger partial charge >= 0.3 is 0 Å². The number of benzene rings is 1. The van der Waals surface area contributed by atoms with E-state index < -0.39 is 11.6 Å². The van der Waals surface area contributed by atoms with E-state index in [1.807, 2.05) is 19.2 Å². The van der Waals surface area contributed by atoms with Crippen molar-refractivity contribution in [2.45, 2.75) is 26.7 Å². The van der Waals surface area contributed by atoms with Crippen LogP contribution in [0.15, 0.2) is 22.6 Å². The van der Waals surface area contributed by atoms with Gasteiger partial charge in [0.2, 0.25) is 5.13 Å². The van der Waals surface area contributed by atoms with Gasteiger partial charge in [-0.05, 0) is 13.3 Å². The van der Waals surface area contributed by atoms with Crippen molar-refractivity contribution in [2.24, 2.45) is 5.10 Å². The molecule has 0 radical (unpaired) electrons. The Morgan fingerprint density at radius 3 is 2.68 bits per heavy atom. The summed E-state index contributed by atoms with van der Waals surface area (Å²) < 4.78 is 33.1. The molecule has 1 aromatic heterocycles.